The van der Waals surface area contributed by atoms with Crippen molar-refractivity contribution in [3.8, 4) is 0 Å². The zero-order chi connectivity index (χ0) is 12.6. The molecule has 88 valence electrons. The Balaban J connectivity index is 2.77. The lowest BCUT2D eigenvalue weighted by molar-refractivity contribution is 0.0594. The number of hydrogen-bond donors (Lipinski definition) is 0. The highest BCUT2D eigenvalue weighted by Gasteiger charge is 2.13. The number of pyridine rings is 1. The number of fused-ring (bicyclic) bond motifs is 1. The Morgan fingerprint density at radius 3 is 2.76 bits per heavy atom. The Kier molecular flexibility index (Phi) is 3.35. The molecule has 2 aromatic rings. The quantitative estimate of drug-likeness (QED) is 0.753. The summed E-state index contributed by atoms with van der Waals surface area (Å²) in [6.45, 7) is 1.91. The van der Waals surface area contributed by atoms with Crippen LogP contribution in [-0.2, 0) is 4.74 Å². The van der Waals surface area contributed by atoms with Crippen LogP contribution in [0.2, 0.25) is 5.02 Å². The summed E-state index contributed by atoms with van der Waals surface area (Å²) < 4.78 is 5.56. The molecular weight excluding hydrogens is 305 g/mol. The molecule has 0 unspecified atom stereocenters. The standard InChI is InChI=1S/C12H9BrClNO2/c1-6-3-7(13)4-8-9(14)5-10(12(16)17-2)15-11(6)8/h3-5H,1-2H3. The third-order valence-corrected chi connectivity index (χ3v) is 3.18. The molecule has 0 fully saturated rings. The fourth-order valence-corrected chi connectivity index (χ4v) is 2.45. The van der Waals surface area contributed by atoms with Gasteiger partial charge >= 0.3 is 5.97 Å². The molecule has 0 atom stereocenters. The minimum Gasteiger partial charge on any atom is -0.464 e. The van der Waals surface area contributed by atoms with Gasteiger partial charge in [-0.25, -0.2) is 9.78 Å². The molecule has 1 aromatic heterocycles. The smallest absolute Gasteiger partial charge is 0.356 e. The summed E-state index contributed by atoms with van der Waals surface area (Å²) >= 11 is 9.54. The molecule has 2 rings (SSSR count). The second-order valence-electron chi connectivity index (χ2n) is 3.60. The number of hydrogen-bond acceptors (Lipinski definition) is 3. The first-order valence-corrected chi connectivity index (χ1v) is 6.04. The average Bonchev–Trinajstić information content (AvgIpc) is 2.29. The monoisotopic (exact) mass is 313 g/mol. The first kappa shape index (κ1) is 12.3. The highest BCUT2D eigenvalue weighted by molar-refractivity contribution is 9.10. The number of carbonyl (C=O) groups excluding carboxylic acids is 1. The molecule has 0 radical (unpaired) electrons. The molecule has 3 nitrogen and oxygen atoms in total. The van der Waals surface area contributed by atoms with Gasteiger partial charge in [0.1, 0.15) is 0 Å². The van der Waals surface area contributed by atoms with Crippen LogP contribution in [0, 0.1) is 6.92 Å². The van der Waals surface area contributed by atoms with Crippen LogP contribution in [-0.4, -0.2) is 18.1 Å². The van der Waals surface area contributed by atoms with Crippen LogP contribution in [0.3, 0.4) is 0 Å². The van der Waals surface area contributed by atoms with Crippen molar-refractivity contribution in [1.29, 1.82) is 0 Å². The van der Waals surface area contributed by atoms with Crippen LogP contribution in [0.5, 0.6) is 0 Å². The van der Waals surface area contributed by atoms with Crippen molar-refractivity contribution in [2.45, 2.75) is 6.92 Å². The van der Waals surface area contributed by atoms with Crippen molar-refractivity contribution in [2.24, 2.45) is 0 Å². The van der Waals surface area contributed by atoms with Gasteiger partial charge < -0.3 is 4.74 Å². The minimum absolute atomic E-state index is 0.218. The van der Waals surface area contributed by atoms with Gasteiger partial charge in [-0.05, 0) is 30.7 Å². The molecule has 0 bridgehead atoms. The maximum absolute atomic E-state index is 11.4. The van der Waals surface area contributed by atoms with E-state index in [-0.39, 0.29) is 5.69 Å². The SMILES string of the molecule is COC(=O)c1cc(Cl)c2cc(Br)cc(C)c2n1. The average molecular weight is 315 g/mol. The number of carbonyl (C=O) groups is 1. The predicted molar refractivity (Wildman–Crippen MR) is 70.5 cm³/mol. The maximum Gasteiger partial charge on any atom is 0.356 e. The number of aryl methyl sites for hydroxylation is 1. The van der Waals surface area contributed by atoms with Gasteiger partial charge in [0.25, 0.3) is 0 Å². The van der Waals surface area contributed by atoms with Gasteiger partial charge in [-0.2, -0.15) is 0 Å². The third-order valence-electron chi connectivity index (χ3n) is 2.41. The number of nitrogens with zero attached hydrogens (tertiary/aromatic N) is 1. The molecule has 17 heavy (non-hydrogen) atoms. The lowest BCUT2D eigenvalue weighted by Crippen LogP contribution is -2.04. The fourth-order valence-electron chi connectivity index (χ4n) is 1.63. The number of aromatic nitrogens is 1. The Bertz CT molecular complexity index is 613. The molecule has 0 aliphatic carbocycles. The number of halogens is 2. The van der Waals surface area contributed by atoms with Crippen molar-refractivity contribution in [2.75, 3.05) is 7.11 Å². The molecule has 1 aromatic carbocycles. The van der Waals surface area contributed by atoms with E-state index in [4.69, 9.17) is 11.6 Å². The number of methoxy groups -OCH3 is 1. The van der Waals surface area contributed by atoms with Crippen LogP contribution < -0.4 is 0 Å². The molecule has 0 aliphatic rings. The van der Waals surface area contributed by atoms with Crippen molar-refractivity contribution in [3.63, 3.8) is 0 Å². The molecule has 0 spiro atoms. The highest BCUT2D eigenvalue weighted by Crippen LogP contribution is 2.29. The second-order valence-corrected chi connectivity index (χ2v) is 4.92. The molecule has 0 saturated carbocycles. The second kappa shape index (κ2) is 4.63. The van der Waals surface area contributed by atoms with Gasteiger partial charge in [-0.1, -0.05) is 27.5 Å². The van der Waals surface area contributed by atoms with Gasteiger partial charge in [-0.15, -0.1) is 0 Å². The number of esters is 1. The van der Waals surface area contributed by atoms with Crippen LogP contribution in [0.15, 0.2) is 22.7 Å². The minimum atomic E-state index is -0.490. The lowest BCUT2D eigenvalue weighted by atomic mass is 10.1. The number of benzene rings is 1. The van der Waals surface area contributed by atoms with Crippen LogP contribution >= 0.6 is 27.5 Å². The van der Waals surface area contributed by atoms with Gasteiger partial charge in [0.2, 0.25) is 0 Å². The largest absolute Gasteiger partial charge is 0.464 e. The first-order chi connectivity index (χ1) is 8.02. The molecule has 0 N–H and O–H groups in total. The summed E-state index contributed by atoms with van der Waals surface area (Å²) in [5.74, 6) is -0.490. The van der Waals surface area contributed by atoms with E-state index in [1.807, 2.05) is 19.1 Å². The fraction of sp³-hybridized carbons (Fsp3) is 0.167. The van der Waals surface area contributed by atoms with Gasteiger partial charge in [-0.3, -0.25) is 0 Å². The third kappa shape index (κ3) is 2.28. The van der Waals surface area contributed by atoms with Crippen molar-refractivity contribution in [1.82, 2.24) is 4.98 Å². The highest BCUT2D eigenvalue weighted by atomic mass is 79.9. The van der Waals surface area contributed by atoms with E-state index in [2.05, 4.69) is 25.7 Å². The zero-order valence-corrected chi connectivity index (χ0v) is 11.6. The van der Waals surface area contributed by atoms with Crippen molar-refractivity contribution < 1.29 is 9.53 Å². The normalized spacial score (nSPS) is 10.6. The molecular formula is C12H9BrClNO2. The Hall–Kier alpha value is -1.13. The Labute approximate surface area is 112 Å². The van der Waals surface area contributed by atoms with Gasteiger partial charge in [0, 0.05) is 9.86 Å². The van der Waals surface area contributed by atoms with Crippen molar-refractivity contribution in [3.05, 3.63) is 39.0 Å². The van der Waals surface area contributed by atoms with Crippen molar-refractivity contribution >= 4 is 44.4 Å². The summed E-state index contributed by atoms with van der Waals surface area (Å²) in [6, 6.07) is 5.31. The maximum atomic E-state index is 11.4. The first-order valence-electron chi connectivity index (χ1n) is 4.87. The van der Waals surface area contributed by atoms with E-state index < -0.39 is 5.97 Å². The van der Waals surface area contributed by atoms with Gasteiger partial charge in [0.15, 0.2) is 5.69 Å². The Morgan fingerprint density at radius 2 is 2.12 bits per heavy atom. The van der Waals surface area contributed by atoms with E-state index >= 15 is 0 Å². The summed E-state index contributed by atoms with van der Waals surface area (Å²) in [7, 11) is 1.32. The molecule has 0 aliphatic heterocycles. The van der Waals surface area contributed by atoms with E-state index in [1.54, 1.807) is 0 Å². The van der Waals surface area contributed by atoms with E-state index in [9.17, 15) is 4.79 Å². The van der Waals surface area contributed by atoms with Crippen LogP contribution in [0.25, 0.3) is 10.9 Å². The summed E-state index contributed by atoms with van der Waals surface area (Å²) in [6.07, 6.45) is 0. The molecule has 0 saturated heterocycles. The zero-order valence-electron chi connectivity index (χ0n) is 9.25. The van der Waals surface area contributed by atoms with Crippen LogP contribution in [0.1, 0.15) is 16.1 Å². The topological polar surface area (TPSA) is 39.2 Å². The van der Waals surface area contributed by atoms with Gasteiger partial charge in [0.05, 0.1) is 17.6 Å². The molecule has 5 heteroatoms. The summed E-state index contributed by atoms with van der Waals surface area (Å²) in [5.41, 5.74) is 1.87. The lowest BCUT2D eigenvalue weighted by Gasteiger charge is -2.07. The molecule has 1 heterocycles. The predicted octanol–water partition coefficient (Wildman–Crippen LogP) is 3.75. The Morgan fingerprint density at radius 1 is 1.41 bits per heavy atom. The molecule has 0 amide bonds. The van der Waals surface area contributed by atoms with E-state index in [0.717, 1.165) is 15.4 Å². The van der Waals surface area contributed by atoms with E-state index in [0.29, 0.717) is 10.5 Å². The number of ether oxygens (including phenoxy) is 1. The van der Waals surface area contributed by atoms with E-state index in [1.165, 1.54) is 13.2 Å². The summed E-state index contributed by atoms with van der Waals surface area (Å²) in [4.78, 5) is 15.7. The summed E-state index contributed by atoms with van der Waals surface area (Å²) in [5, 5.41) is 1.30. The number of rotatable bonds is 1. The van der Waals surface area contributed by atoms with Crippen LogP contribution in [0.4, 0.5) is 0 Å².